The fraction of sp³-hybridized carbons (Fsp3) is 0. The van der Waals surface area contributed by atoms with Crippen LogP contribution < -0.4 is 5.82 Å². The Bertz CT molecular complexity index is 871. The maximum atomic E-state index is 11.7. The normalized spacial score (nSPS) is 10.8. The number of fused-ring (bicyclic) bond motifs is 2. The third-order valence-corrected chi connectivity index (χ3v) is 3.85. The molecule has 0 radical (unpaired) electrons. The number of hydrogen-bond donors (Lipinski definition) is 0. The van der Waals surface area contributed by atoms with Crippen LogP contribution in [0.2, 0.25) is 0 Å². The van der Waals surface area contributed by atoms with E-state index in [0.29, 0.717) is 22.3 Å². The van der Waals surface area contributed by atoms with Gasteiger partial charge in [-0.25, -0.2) is 4.79 Å². The van der Waals surface area contributed by atoms with Crippen LogP contribution in [0.5, 0.6) is 0 Å². The van der Waals surface area contributed by atoms with E-state index in [-0.39, 0.29) is 0 Å². The van der Waals surface area contributed by atoms with Crippen LogP contribution in [0.1, 0.15) is 0 Å². The van der Waals surface area contributed by atoms with E-state index in [9.17, 15) is 4.79 Å². The lowest BCUT2D eigenvalue weighted by Crippen LogP contribution is -1.94. The first kappa shape index (κ1) is 13.0. The second-order valence-corrected chi connectivity index (χ2v) is 6.13. The molecule has 0 atom stereocenters. The summed E-state index contributed by atoms with van der Waals surface area (Å²) in [5.41, 5.74) is 1.70. The van der Waals surface area contributed by atoms with Gasteiger partial charge in [-0.1, -0.05) is 12.1 Å². The van der Waals surface area contributed by atoms with Crippen LogP contribution in [-0.2, 0) is 0 Å². The van der Waals surface area contributed by atoms with E-state index in [0.717, 1.165) is 7.14 Å². The Kier molecular flexibility index (Phi) is 3.52. The van der Waals surface area contributed by atoms with E-state index in [1.54, 1.807) is 18.2 Å². The second-order valence-electron chi connectivity index (χ2n) is 3.72. The molecular formula is C13H6I2O4. The third kappa shape index (κ3) is 2.64. The Morgan fingerprint density at radius 3 is 2.26 bits per heavy atom. The van der Waals surface area contributed by atoms with Gasteiger partial charge < -0.3 is 13.3 Å². The highest BCUT2D eigenvalue weighted by atomic mass is 127. The summed E-state index contributed by atoms with van der Waals surface area (Å²) in [6.07, 6.45) is 0. The number of hydrogen-bond acceptors (Lipinski definition) is 4. The summed E-state index contributed by atoms with van der Waals surface area (Å²) in [6.45, 7) is 0. The Morgan fingerprint density at radius 2 is 1.53 bits per heavy atom. The molecule has 4 nitrogen and oxygen atoms in total. The van der Waals surface area contributed by atoms with Gasteiger partial charge >= 0.3 is 5.82 Å². The molecule has 0 spiro atoms. The molecule has 0 amide bonds. The zero-order chi connectivity index (χ0) is 13.4. The fourth-order valence-electron chi connectivity index (χ4n) is 1.64. The third-order valence-electron chi connectivity index (χ3n) is 2.42. The van der Waals surface area contributed by atoms with Crippen molar-refractivity contribution in [3.05, 3.63) is 54.2 Å². The number of halogens is 2. The lowest BCUT2D eigenvalue weighted by molar-refractivity contribution is 0.367. The monoisotopic (exact) mass is 480 g/mol. The van der Waals surface area contributed by atoms with Gasteiger partial charge in [-0.2, -0.15) is 0 Å². The topological polar surface area (TPSA) is 56.5 Å². The first-order valence-corrected chi connectivity index (χ1v) is 7.45. The van der Waals surface area contributed by atoms with Gasteiger partial charge in [-0.15, -0.1) is 0 Å². The Balaban J connectivity index is 2.61. The van der Waals surface area contributed by atoms with Gasteiger partial charge in [-0.05, 0) is 69.4 Å². The highest BCUT2D eigenvalue weighted by Gasteiger charge is 2.06. The van der Waals surface area contributed by atoms with Crippen molar-refractivity contribution >= 4 is 67.5 Å². The first-order valence-electron chi connectivity index (χ1n) is 5.29. The molecule has 96 valence electrons. The van der Waals surface area contributed by atoms with Crippen molar-refractivity contribution in [1.82, 2.24) is 0 Å². The van der Waals surface area contributed by atoms with Gasteiger partial charge in [0.1, 0.15) is 0 Å². The molecule has 0 bridgehead atoms. The molecular weight excluding hydrogens is 474 g/mol. The largest absolute Gasteiger partial charge is 0.519 e. The molecule has 6 heteroatoms. The van der Waals surface area contributed by atoms with Gasteiger partial charge in [0.05, 0.1) is 3.57 Å². The van der Waals surface area contributed by atoms with Crippen molar-refractivity contribution in [3.8, 4) is 0 Å². The maximum Gasteiger partial charge on any atom is 0.519 e. The van der Waals surface area contributed by atoms with E-state index in [4.69, 9.17) is 13.3 Å². The SMILES string of the molecule is O=c1oc2ccccc2oc2cc(I)cc(I)c2o1. The van der Waals surface area contributed by atoms with Crippen molar-refractivity contribution in [2.24, 2.45) is 0 Å². The van der Waals surface area contributed by atoms with E-state index in [2.05, 4.69) is 45.2 Å². The predicted molar refractivity (Wildman–Crippen MR) is 87.6 cm³/mol. The van der Waals surface area contributed by atoms with Crippen LogP contribution >= 0.6 is 45.2 Å². The standard InChI is InChI=1S/C13H6I2O4/c14-7-5-8(15)12-11(6-7)17-9-3-1-2-4-10(9)18-13(16)19-12/h1-6H. The zero-order valence-corrected chi connectivity index (χ0v) is 13.7. The number of benzene rings is 2. The average Bonchev–Trinajstić information content (AvgIpc) is 2.34. The Labute approximate surface area is 134 Å². The van der Waals surface area contributed by atoms with Gasteiger partial charge in [0.25, 0.3) is 0 Å². The minimum absolute atomic E-state index is 0.340. The van der Waals surface area contributed by atoms with Crippen molar-refractivity contribution in [1.29, 1.82) is 0 Å². The first-order chi connectivity index (χ1) is 9.13. The van der Waals surface area contributed by atoms with Crippen LogP contribution in [0.25, 0.3) is 22.3 Å². The smallest absolute Gasteiger partial charge is 0.449 e. The van der Waals surface area contributed by atoms with Gasteiger partial charge in [-0.3, -0.25) is 0 Å². The highest BCUT2D eigenvalue weighted by Crippen LogP contribution is 2.24. The number of para-hydroxylation sites is 2. The molecule has 0 fully saturated rings. The molecule has 0 aliphatic rings. The summed E-state index contributed by atoms with van der Waals surface area (Å²) in [7, 11) is 0. The van der Waals surface area contributed by atoms with Crippen molar-refractivity contribution in [2.45, 2.75) is 0 Å². The van der Waals surface area contributed by atoms with Crippen LogP contribution in [0.15, 0.2) is 54.4 Å². The minimum atomic E-state index is -0.767. The zero-order valence-electron chi connectivity index (χ0n) is 9.35. The van der Waals surface area contributed by atoms with E-state index in [1.165, 1.54) is 0 Å². The van der Waals surface area contributed by atoms with E-state index >= 15 is 0 Å². The fourth-order valence-corrected chi connectivity index (χ4v) is 3.54. The molecule has 2 aromatic carbocycles. The molecule has 0 saturated heterocycles. The molecule has 3 aromatic rings. The predicted octanol–water partition coefficient (Wildman–Crippen LogP) is 4.47. The molecule has 0 unspecified atom stereocenters. The van der Waals surface area contributed by atoms with Crippen LogP contribution in [0, 0.1) is 7.14 Å². The van der Waals surface area contributed by atoms with Gasteiger partial charge in [0.2, 0.25) is 0 Å². The summed E-state index contributed by atoms with van der Waals surface area (Å²) >= 11 is 4.27. The Hall–Kier alpha value is -1.03. The summed E-state index contributed by atoms with van der Waals surface area (Å²) in [4.78, 5) is 11.7. The molecule has 1 heterocycles. The summed E-state index contributed by atoms with van der Waals surface area (Å²) in [5.74, 6) is -0.767. The van der Waals surface area contributed by atoms with Crippen LogP contribution in [0.4, 0.5) is 0 Å². The van der Waals surface area contributed by atoms with Crippen LogP contribution in [-0.4, -0.2) is 0 Å². The van der Waals surface area contributed by atoms with E-state index < -0.39 is 5.82 Å². The molecule has 0 N–H and O–H groups in total. The van der Waals surface area contributed by atoms with Crippen molar-refractivity contribution in [2.75, 3.05) is 0 Å². The molecule has 1 aromatic heterocycles. The molecule has 19 heavy (non-hydrogen) atoms. The summed E-state index contributed by atoms with van der Waals surface area (Å²) < 4.78 is 17.8. The lowest BCUT2D eigenvalue weighted by atomic mass is 10.3. The Morgan fingerprint density at radius 1 is 0.842 bits per heavy atom. The summed E-state index contributed by atoms with van der Waals surface area (Å²) in [5, 5.41) is 0. The molecule has 3 rings (SSSR count). The van der Waals surface area contributed by atoms with Gasteiger partial charge in [0, 0.05) is 3.57 Å². The quantitative estimate of drug-likeness (QED) is 0.446. The molecule has 0 aliphatic carbocycles. The van der Waals surface area contributed by atoms with Gasteiger partial charge in [0.15, 0.2) is 22.3 Å². The highest BCUT2D eigenvalue weighted by molar-refractivity contribution is 14.1. The van der Waals surface area contributed by atoms with Crippen molar-refractivity contribution < 1.29 is 13.3 Å². The molecule has 0 aliphatic heterocycles. The second kappa shape index (κ2) is 5.16. The average molecular weight is 480 g/mol. The minimum Gasteiger partial charge on any atom is -0.449 e. The lowest BCUT2D eigenvalue weighted by Gasteiger charge is -1.99. The maximum absolute atomic E-state index is 11.7. The molecule has 0 saturated carbocycles. The van der Waals surface area contributed by atoms with Crippen LogP contribution in [0.3, 0.4) is 0 Å². The van der Waals surface area contributed by atoms with Crippen molar-refractivity contribution in [3.63, 3.8) is 0 Å². The number of rotatable bonds is 0. The van der Waals surface area contributed by atoms with E-state index in [1.807, 2.05) is 18.2 Å². The summed E-state index contributed by atoms with van der Waals surface area (Å²) in [6, 6.07) is 10.7.